The summed E-state index contributed by atoms with van der Waals surface area (Å²) < 4.78 is 9.84. The fraction of sp³-hybridized carbons (Fsp3) is 0.125. The number of hydrogen-bond donors (Lipinski definition) is 1. The van der Waals surface area contributed by atoms with Gasteiger partial charge >= 0.3 is 5.97 Å². The van der Waals surface area contributed by atoms with Gasteiger partial charge in [-0.05, 0) is 24.3 Å². The van der Waals surface area contributed by atoms with Crippen LogP contribution in [0.1, 0.15) is 20.7 Å². The van der Waals surface area contributed by atoms with E-state index in [1.807, 2.05) is 0 Å². The molecule has 0 aliphatic carbocycles. The molecule has 5 nitrogen and oxygen atoms in total. The van der Waals surface area contributed by atoms with Gasteiger partial charge in [-0.2, -0.15) is 0 Å². The van der Waals surface area contributed by atoms with E-state index in [0.29, 0.717) is 5.69 Å². The van der Waals surface area contributed by atoms with Crippen LogP contribution in [0.5, 0.6) is 5.75 Å². The number of methoxy groups -OCH3 is 2. The van der Waals surface area contributed by atoms with E-state index in [4.69, 9.17) is 27.9 Å². The first kappa shape index (κ1) is 17.1. The standard InChI is InChI=1S/C16H13Cl2NO4/c1-22-14-11(18)8-7-10(17)13(14)15(20)19-12-6-4-3-5-9(12)16(21)23-2/h3-8H,1-2H3,(H,19,20). The first-order valence-electron chi connectivity index (χ1n) is 6.50. The van der Waals surface area contributed by atoms with E-state index < -0.39 is 11.9 Å². The molecule has 0 aliphatic rings. The number of ether oxygens (including phenoxy) is 2. The van der Waals surface area contributed by atoms with Crippen LogP contribution in [0.15, 0.2) is 36.4 Å². The molecule has 0 saturated heterocycles. The second kappa shape index (κ2) is 7.35. The fourth-order valence-corrected chi connectivity index (χ4v) is 2.48. The van der Waals surface area contributed by atoms with Crippen LogP contribution in [0.2, 0.25) is 10.0 Å². The molecule has 0 unspecified atom stereocenters. The maximum Gasteiger partial charge on any atom is 0.339 e. The highest BCUT2D eigenvalue weighted by Crippen LogP contribution is 2.34. The van der Waals surface area contributed by atoms with Crippen molar-refractivity contribution in [2.24, 2.45) is 0 Å². The highest BCUT2D eigenvalue weighted by atomic mass is 35.5. The number of benzene rings is 2. The Bertz CT molecular complexity index is 762. The van der Waals surface area contributed by atoms with Gasteiger partial charge in [0.25, 0.3) is 5.91 Å². The third-order valence-corrected chi connectivity index (χ3v) is 3.68. The Labute approximate surface area is 143 Å². The lowest BCUT2D eigenvalue weighted by Crippen LogP contribution is -2.17. The number of anilines is 1. The lowest BCUT2D eigenvalue weighted by molar-refractivity contribution is 0.0602. The Balaban J connectivity index is 2.42. The molecule has 0 heterocycles. The van der Waals surface area contributed by atoms with Gasteiger partial charge < -0.3 is 14.8 Å². The number of esters is 1. The number of nitrogens with one attached hydrogen (secondary N) is 1. The van der Waals surface area contributed by atoms with Gasteiger partial charge in [0, 0.05) is 0 Å². The molecular formula is C16H13Cl2NO4. The highest BCUT2D eigenvalue weighted by Gasteiger charge is 2.21. The van der Waals surface area contributed by atoms with Crippen molar-refractivity contribution in [3.63, 3.8) is 0 Å². The predicted octanol–water partition coefficient (Wildman–Crippen LogP) is 4.04. The highest BCUT2D eigenvalue weighted by molar-refractivity contribution is 6.37. The largest absolute Gasteiger partial charge is 0.494 e. The maximum absolute atomic E-state index is 12.5. The van der Waals surface area contributed by atoms with E-state index >= 15 is 0 Å². The van der Waals surface area contributed by atoms with Gasteiger partial charge in [0.05, 0.1) is 35.5 Å². The Morgan fingerprint density at radius 2 is 1.65 bits per heavy atom. The average Bonchev–Trinajstić information content (AvgIpc) is 2.56. The van der Waals surface area contributed by atoms with Gasteiger partial charge in [0.2, 0.25) is 0 Å². The van der Waals surface area contributed by atoms with Crippen molar-refractivity contribution in [1.29, 1.82) is 0 Å². The molecule has 1 N–H and O–H groups in total. The lowest BCUT2D eigenvalue weighted by Gasteiger charge is -2.13. The van der Waals surface area contributed by atoms with Crippen LogP contribution in [0.4, 0.5) is 5.69 Å². The van der Waals surface area contributed by atoms with Gasteiger partial charge in [0.15, 0.2) is 5.75 Å². The Morgan fingerprint density at radius 1 is 1.00 bits per heavy atom. The van der Waals surface area contributed by atoms with Crippen LogP contribution in [-0.2, 0) is 4.74 Å². The summed E-state index contributed by atoms with van der Waals surface area (Å²) in [7, 11) is 2.65. The van der Waals surface area contributed by atoms with Crippen LogP contribution in [0, 0.1) is 0 Å². The second-order valence-corrected chi connectivity index (χ2v) is 5.24. The molecule has 0 spiro atoms. The number of halogens is 2. The molecular weight excluding hydrogens is 341 g/mol. The fourth-order valence-electron chi connectivity index (χ4n) is 2.01. The Kier molecular flexibility index (Phi) is 5.47. The van der Waals surface area contributed by atoms with E-state index in [9.17, 15) is 9.59 Å². The molecule has 0 aliphatic heterocycles. The number of carbonyl (C=O) groups is 2. The van der Waals surface area contributed by atoms with Crippen molar-refractivity contribution in [3.8, 4) is 5.75 Å². The van der Waals surface area contributed by atoms with E-state index in [1.54, 1.807) is 18.2 Å². The average molecular weight is 354 g/mol. The van der Waals surface area contributed by atoms with Gasteiger partial charge in [0.1, 0.15) is 5.56 Å². The number of carbonyl (C=O) groups excluding carboxylic acids is 2. The van der Waals surface area contributed by atoms with E-state index in [2.05, 4.69) is 10.1 Å². The van der Waals surface area contributed by atoms with Crippen molar-refractivity contribution in [2.45, 2.75) is 0 Å². The minimum Gasteiger partial charge on any atom is -0.494 e. The normalized spacial score (nSPS) is 10.1. The van der Waals surface area contributed by atoms with Gasteiger partial charge in [-0.3, -0.25) is 4.79 Å². The summed E-state index contributed by atoms with van der Waals surface area (Å²) in [6.45, 7) is 0. The number of para-hydroxylation sites is 1. The van der Waals surface area contributed by atoms with Crippen LogP contribution in [0.25, 0.3) is 0 Å². The summed E-state index contributed by atoms with van der Waals surface area (Å²) in [4.78, 5) is 24.3. The van der Waals surface area contributed by atoms with Crippen molar-refractivity contribution in [2.75, 3.05) is 19.5 Å². The molecule has 0 saturated carbocycles. The third kappa shape index (κ3) is 3.57. The molecule has 0 atom stereocenters. The van der Waals surface area contributed by atoms with Crippen molar-refractivity contribution < 1.29 is 19.1 Å². The zero-order valence-electron chi connectivity index (χ0n) is 12.4. The van der Waals surface area contributed by atoms with Crippen LogP contribution >= 0.6 is 23.2 Å². The zero-order chi connectivity index (χ0) is 17.0. The summed E-state index contributed by atoms with van der Waals surface area (Å²) in [5.74, 6) is -0.956. The molecule has 2 aromatic carbocycles. The van der Waals surface area contributed by atoms with Crippen molar-refractivity contribution in [3.05, 3.63) is 57.6 Å². The molecule has 2 aromatic rings. The predicted molar refractivity (Wildman–Crippen MR) is 88.7 cm³/mol. The molecule has 2 rings (SSSR count). The summed E-state index contributed by atoms with van der Waals surface area (Å²) in [6, 6.07) is 9.48. The zero-order valence-corrected chi connectivity index (χ0v) is 13.9. The summed E-state index contributed by atoms with van der Waals surface area (Å²) in [6.07, 6.45) is 0. The topological polar surface area (TPSA) is 64.6 Å². The molecule has 0 fully saturated rings. The van der Waals surface area contributed by atoms with E-state index in [-0.39, 0.29) is 26.9 Å². The molecule has 23 heavy (non-hydrogen) atoms. The number of hydrogen-bond acceptors (Lipinski definition) is 4. The molecule has 0 bridgehead atoms. The summed E-state index contributed by atoms with van der Waals surface area (Å²) >= 11 is 12.1. The molecule has 0 radical (unpaired) electrons. The summed E-state index contributed by atoms with van der Waals surface area (Å²) in [5.41, 5.74) is 0.601. The van der Waals surface area contributed by atoms with Crippen molar-refractivity contribution in [1.82, 2.24) is 0 Å². The first-order valence-corrected chi connectivity index (χ1v) is 7.25. The second-order valence-electron chi connectivity index (χ2n) is 4.43. The quantitative estimate of drug-likeness (QED) is 0.842. The summed E-state index contributed by atoms with van der Waals surface area (Å²) in [5, 5.41) is 3.05. The minimum absolute atomic E-state index is 0.0846. The minimum atomic E-state index is -0.565. The molecule has 1 amide bonds. The molecule has 120 valence electrons. The Morgan fingerprint density at radius 3 is 2.30 bits per heavy atom. The SMILES string of the molecule is COC(=O)c1ccccc1NC(=O)c1c(Cl)ccc(Cl)c1OC. The van der Waals surface area contributed by atoms with E-state index in [0.717, 1.165) is 0 Å². The maximum atomic E-state index is 12.5. The first-order chi connectivity index (χ1) is 11.0. The number of rotatable bonds is 4. The van der Waals surface area contributed by atoms with Crippen LogP contribution < -0.4 is 10.1 Å². The van der Waals surface area contributed by atoms with Gasteiger partial charge in [-0.25, -0.2) is 4.79 Å². The molecule has 7 heteroatoms. The van der Waals surface area contributed by atoms with Gasteiger partial charge in [-0.1, -0.05) is 35.3 Å². The smallest absolute Gasteiger partial charge is 0.339 e. The van der Waals surface area contributed by atoms with Crippen molar-refractivity contribution >= 4 is 40.8 Å². The van der Waals surface area contributed by atoms with Gasteiger partial charge in [-0.15, -0.1) is 0 Å². The molecule has 0 aromatic heterocycles. The third-order valence-electron chi connectivity index (χ3n) is 3.07. The van der Waals surface area contributed by atoms with Crippen LogP contribution in [-0.4, -0.2) is 26.1 Å². The number of amides is 1. The Hall–Kier alpha value is -2.24. The monoisotopic (exact) mass is 353 g/mol. The van der Waals surface area contributed by atoms with E-state index in [1.165, 1.54) is 32.4 Å². The van der Waals surface area contributed by atoms with Crippen LogP contribution in [0.3, 0.4) is 0 Å². The lowest BCUT2D eigenvalue weighted by atomic mass is 10.1.